The molecule has 0 aliphatic rings. The highest BCUT2D eigenvalue weighted by Crippen LogP contribution is 2.21. The Morgan fingerprint density at radius 1 is 1.13 bits per heavy atom. The van der Waals surface area contributed by atoms with Gasteiger partial charge in [0.25, 0.3) is 5.91 Å². The first-order valence-corrected chi connectivity index (χ1v) is 7.39. The fourth-order valence-corrected chi connectivity index (χ4v) is 2.01. The third-order valence-electron chi connectivity index (χ3n) is 3.06. The van der Waals surface area contributed by atoms with Crippen LogP contribution in [0, 0.1) is 6.92 Å². The fourth-order valence-electron chi connectivity index (χ4n) is 2.01. The predicted octanol–water partition coefficient (Wildman–Crippen LogP) is 3.40. The van der Waals surface area contributed by atoms with E-state index in [9.17, 15) is 9.59 Å². The van der Waals surface area contributed by atoms with Gasteiger partial charge in [-0.3, -0.25) is 4.79 Å². The molecule has 0 saturated carbocycles. The van der Waals surface area contributed by atoms with Crippen molar-refractivity contribution in [2.24, 2.45) is 0 Å². The molecular weight excluding hydrogens is 294 g/mol. The second-order valence-electron chi connectivity index (χ2n) is 6.41. The topological polar surface area (TPSA) is 68.5 Å². The molecule has 1 aromatic heterocycles. The molecule has 122 valence electrons. The SMILES string of the molecule is Cc1ccc([C@H](OC(=O)c2ccco2)C(=O)NC(C)(C)C)cc1. The predicted molar refractivity (Wildman–Crippen MR) is 85.9 cm³/mol. The lowest BCUT2D eigenvalue weighted by molar-refractivity contribution is -0.131. The molecule has 1 amide bonds. The van der Waals surface area contributed by atoms with Crippen molar-refractivity contribution in [1.29, 1.82) is 0 Å². The maximum Gasteiger partial charge on any atom is 0.375 e. The monoisotopic (exact) mass is 315 g/mol. The Bertz CT molecular complexity index is 666. The van der Waals surface area contributed by atoms with Crippen LogP contribution in [-0.2, 0) is 9.53 Å². The van der Waals surface area contributed by atoms with Gasteiger partial charge >= 0.3 is 5.97 Å². The Kier molecular flexibility index (Phi) is 4.89. The first kappa shape index (κ1) is 16.8. The lowest BCUT2D eigenvalue weighted by Crippen LogP contribution is -2.44. The number of benzene rings is 1. The summed E-state index contributed by atoms with van der Waals surface area (Å²) in [7, 11) is 0. The number of hydrogen-bond donors (Lipinski definition) is 1. The molecule has 1 aromatic carbocycles. The minimum Gasteiger partial charge on any atom is -0.457 e. The van der Waals surface area contributed by atoms with Crippen LogP contribution in [0.15, 0.2) is 47.1 Å². The molecule has 1 atom stereocenters. The minimum atomic E-state index is -1.03. The van der Waals surface area contributed by atoms with Crippen molar-refractivity contribution in [3.63, 3.8) is 0 Å². The summed E-state index contributed by atoms with van der Waals surface area (Å²) >= 11 is 0. The second kappa shape index (κ2) is 6.69. The highest BCUT2D eigenvalue weighted by Gasteiger charge is 2.29. The number of carbonyl (C=O) groups is 2. The summed E-state index contributed by atoms with van der Waals surface area (Å²) in [5, 5.41) is 2.84. The number of esters is 1. The van der Waals surface area contributed by atoms with Gasteiger partial charge in [-0.05, 0) is 39.8 Å². The Labute approximate surface area is 135 Å². The van der Waals surface area contributed by atoms with Gasteiger partial charge in [-0.2, -0.15) is 0 Å². The smallest absolute Gasteiger partial charge is 0.375 e. The Hall–Kier alpha value is -2.56. The maximum absolute atomic E-state index is 12.5. The van der Waals surface area contributed by atoms with Crippen molar-refractivity contribution in [2.75, 3.05) is 0 Å². The van der Waals surface area contributed by atoms with Gasteiger partial charge in [0.05, 0.1) is 6.26 Å². The number of furan rings is 1. The average Bonchev–Trinajstić information content (AvgIpc) is 2.98. The van der Waals surface area contributed by atoms with Crippen LogP contribution in [0.1, 0.15) is 48.6 Å². The lowest BCUT2D eigenvalue weighted by Gasteiger charge is -2.25. The van der Waals surface area contributed by atoms with E-state index in [1.54, 1.807) is 18.2 Å². The highest BCUT2D eigenvalue weighted by atomic mass is 16.6. The first-order valence-electron chi connectivity index (χ1n) is 7.39. The average molecular weight is 315 g/mol. The van der Waals surface area contributed by atoms with Gasteiger partial charge in [0.2, 0.25) is 11.9 Å². The van der Waals surface area contributed by atoms with E-state index in [1.807, 2.05) is 39.8 Å². The molecule has 23 heavy (non-hydrogen) atoms. The van der Waals surface area contributed by atoms with E-state index in [0.717, 1.165) is 5.56 Å². The van der Waals surface area contributed by atoms with Crippen molar-refractivity contribution < 1.29 is 18.7 Å². The highest BCUT2D eigenvalue weighted by molar-refractivity contribution is 5.90. The van der Waals surface area contributed by atoms with Gasteiger partial charge < -0.3 is 14.5 Å². The van der Waals surface area contributed by atoms with Gasteiger partial charge in [-0.15, -0.1) is 0 Å². The molecule has 5 nitrogen and oxygen atoms in total. The fraction of sp³-hybridized carbons (Fsp3) is 0.333. The summed E-state index contributed by atoms with van der Waals surface area (Å²) in [5.74, 6) is -0.989. The van der Waals surface area contributed by atoms with E-state index >= 15 is 0 Å². The zero-order chi connectivity index (χ0) is 17.0. The number of ether oxygens (including phenoxy) is 1. The summed E-state index contributed by atoms with van der Waals surface area (Å²) < 4.78 is 10.4. The van der Waals surface area contributed by atoms with Crippen molar-refractivity contribution in [3.05, 3.63) is 59.5 Å². The van der Waals surface area contributed by atoms with Crippen LogP contribution in [0.5, 0.6) is 0 Å². The Morgan fingerprint density at radius 3 is 2.30 bits per heavy atom. The van der Waals surface area contributed by atoms with E-state index in [4.69, 9.17) is 9.15 Å². The van der Waals surface area contributed by atoms with E-state index in [0.29, 0.717) is 5.56 Å². The lowest BCUT2D eigenvalue weighted by atomic mass is 10.0. The summed E-state index contributed by atoms with van der Waals surface area (Å²) in [6.45, 7) is 7.55. The van der Waals surface area contributed by atoms with Crippen molar-refractivity contribution in [1.82, 2.24) is 5.32 Å². The van der Waals surface area contributed by atoms with Crippen LogP contribution in [0.25, 0.3) is 0 Å². The Balaban J connectivity index is 2.25. The van der Waals surface area contributed by atoms with Gasteiger partial charge in [-0.25, -0.2) is 4.79 Å². The minimum absolute atomic E-state index is 0.0608. The molecule has 0 unspecified atom stereocenters. The molecule has 1 N–H and O–H groups in total. The molecule has 0 spiro atoms. The molecule has 0 radical (unpaired) electrons. The van der Waals surface area contributed by atoms with E-state index in [-0.39, 0.29) is 11.7 Å². The van der Waals surface area contributed by atoms with Crippen LogP contribution in [0.3, 0.4) is 0 Å². The summed E-state index contributed by atoms with van der Waals surface area (Å²) in [6, 6.07) is 10.4. The molecule has 1 heterocycles. The second-order valence-corrected chi connectivity index (χ2v) is 6.41. The van der Waals surface area contributed by atoms with Gasteiger partial charge in [-0.1, -0.05) is 29.8 Å². The van der Waals surface area contributed by atoms with Crippen LogP contribution in [-0.4, -0.2) is 17.4 Å². The normalized spacial score (nSPS) is 12.5. The molecule has 5 heteroatoms. The molecule has 0 aliphatic carbocycles. The third kappa shape index (κ3) is 4.71. The zero-order valence-corrected chi connectivity index (χ0v) is 13.8. The summed E-state index contributed by atoms with van der Waals surface area (Å²) in [5.41, 5.74) is 1.23. The Morgan fingerprint density at radius 2 is 1.78 bits per heavy atom. The van der Waals surface area contributed by atoms with Gasteiger partial charge in [0, 0.05) is 11.1 Å². The molecular formula is C18H21NO4. The van der Waals surface area contributed by atoms with Crippen molar-refractivity contribution >= 4 is 11.9 Å². The summed E-state index contributed by atoms with van der Waals surface area (Å²) in [4.78, 5) is 24.7. The number of hydrogen-bond acceptors (Lipinski definition) is 4. The molecule has 2 rings (SSSR count). The number of aryl methyl sites for hydroxylation is 1. The standard InChI is InChI=1S/C18H21NO4/c1-12-7-9-13(10-8-12)15(16(20)19-18(2,3)4)23-17(21)14-6-5-11-22-14/h5-11,15H,1-4H3,(H,19,20)/t15-/m0/s1. The number of rotatable bonds is 4. The van der Waals surface area contributed by atoms with Crippen LogP contribution in [0.4, 0.5) is 0 Å². The zero-order valence-electron chi connectivity index (χ0n) is 13.8. The number of amides is 1. The van der Waals surface area contributed by atoms with E-state index in [2.05, 4.69) is 5.32 Å². The van der Waals surface area contributed by atoms with Crippen LogP contribution >= 0.6 is 0 Å². The van der Waals surface area contributed by atoms with E-state index < -0.39 is 17.6 Å². The molecule has 2 aromatic rings. The van der Waals surface area contributed by atoms with Crippen molar-refractivity contribution in [3.8, 4) is 0 Å². The number of carbonyl (C=O) groups excluding carboxylic acids is 2. The molecule has 0 saturated heterocycles. The molecule has 0 aliphatic heterocycles. The third-order valence-corrected chi connectivity index (χ3v) is 3.06. The largest absolute Gasteiger partial charge is 0.457 e. The van der Waals surface area contributed by atoms with Crippen LogP contribution in [0.2, 0.25) is 0 Å². The van der Waals surface area contributed by atoms with Gasteiger partial charge in [0.1, 0.15) is 0 Å². The van der Waals surface area contributed by atoms with E-state index in [1.165, 1.54) is 12.3 Å². The quantitative estimate of drug-likeness (QED) is 0.878. The number of nitrogens with one attached hydrogen (secondary N) is 1. The first-order chi connectivity index (χ1) is 10.8. The van der Waals surface area contributed by atoms with Crippen molar-refractivity contribution in [2.45, 2.75) is 39.3 Å². The van der Waals surface area contributed by atoms with Crippen LogP contribution < -0.4 is 5.32 Å². The maximum atomic E-state index is 12.5. The molecule has 0 fully saturated rings. The summed E-state index contributed by atoms with van der Waals surface area (Å²) in [6.07, 6.45) is 0.347. The molecule has 0 bridgehead atoms. The van der Waals surface area contributed by atoms with Gasteiger partial charge in [0.15, 0.2) is 0 Å².